The number of rotatable bonds is 2. The van der Waals surface area contributed by atoms with E-state index in [9.17, 15) is 5.11 Å². The van der Waals surface area contributed by atoms with Crippen molar-refractivity contribution in [1.29, 1.82) is 0 Å². The molecule has 0 unspecified atom stereocenters. The van der Waals surface area contributed by atoms with E-state index in [2.05, 4.69) is 47.7 Å². The van der Waals surface area contributed by atoms with E-state index in [1.54, 1.807) is 25.4 Å². The summed E-state index contributed by atoms with van der Waals surface area (Å²) < 4.78 is 1.48. The number of hydrazone groups is 1. The minimum absolute atomic E-state index is 0.160. The van der Waals surface area contributed by atoms with Gasteiger partial charge in [0.15, 0.2) is 0 Å². The van der Waals surface area contributed by atoms with Crippen LogP contribution in [-0.2, 0) is 0 Å². The number of nitrogens with one attached hydrogen (secondary N) is 3. The molecule has 1 rings (SSSR count). The van der Waals surface area contributed by atoms with Gasteiger partial charge in [-0.3, -0.25) is 0 Å². The van der Waals surface area contributed by atoms with Crippen molar-refractivity contribution < 1.29 is 10.2 Å². The summed E-state index contributed by atoms with van der Waals surface area (Å²) in [5.74, 6) is 0.160. The van der Waals surface area contributed by atoms with Gasteiger partial charge in [0.1, 0.15) is 5.75 Å². The lowest BCUT2D eigenvalue weighted by Crippen LogP contribution is -2.82. The zero-order chi connectivity index (χ0) is 12.1. The van der Waals surface area contributed by atoms with E-state index < -0.39 is 0 Å². The third-order valence-corrected chi connectivity index (χ3v) is 3.07. The van der Waals surface area contributed by atoms with Crippen molar-refractivity contribution in [3.63, 3.8) is 0 Å². The maximum Gasteiger partial charge on any atom is 0.223 e. The lowest BCUT2D eigenvalue weighted by molar-refractivity contribution is -0.500. The molecule has 0 spiro atoms. The second-order valence-corrected chi connectivity index (χ2v) is 5.00. The number of thiocarbonyl (C=S) groups is 1. The summed E-state index contributed by atoms with van der Waals surface area (Å²) in [4.78, 5) is 0. The maximum atomic E-state index is 9.73. The molecule has 0 amide bonds. The third kappa shape index (κ3) is 3.73. The first kappa shape index (κ1) is 13.4. The highest BCUT2D eigenvalue weighted by Gasteiger charge is 2.07. The quantitative estimate of drug-likeness (QED) is 0.348. The summed E-state index contributed by atoms with van der Waals surface area (Å²) in [6.07, 6.45) is 1.61. The van der Waals surface area contributed by atoms with Crippen LogP contribution < -0.4 is 15.8 Å². The van der Waals surface area contributed by atoms with Crippen molar-refractivity contribution in [3.05, 3.63) is 26.6 Å². The molecule has 1 aromatic rings. The highest BCUT2D eigenvalue weighted by atomic mass is 79.9. The minimum Gasteiger partial charge on any atom is -0.506 e. The van der Waals surface area contributed by atoms with Gasteiger partial charge in [0, 0.05) is 11.5 Å². The standard InChI is InChI=1S/C9H9Br2N3OS/c1-12-9(16)14-13-4-5-2-6(10)3-7(11)8(5)15/h2-4,15H,1H3,(H2,12,14,16)/p+1. The molecule has 16 heavy (non-hydrogen) atoms. The predicted octanol–water partition coefficient (Wildman–Crippen LogP) is 0.426. The zero-order valence-corrected chi connectivity index (χ0v) is 12.3. The van der Waals surface area contributed by atoms with Crippen LogP contribution in [0.15, 0.2) is 21.1 Å². The Labute approximate surface area is 115 Å². The van der Waals surface area contributed by atoms with Gasteiger partial charge in [0.2, 0.25) is 11.3 Å². The number of phenols is 1. The van der Waals surface area contributed by atoms with Gasteiger partial charge in [-0.1, -0.05) is 15.9 Å². The second-order valence-electron chi connectivity index (χ2n) is 2.82. The molecule has 0 aliphatic rings. The maximum absolute atomic E-state index is 9.73. The lowest BCUT2D eigenvalue weighted by atomic mass is 10.2. The molecular formula is C9H10Br2N3OS+. The molecule has 0 radical (unpaired) electrons. The molecule has 86 valence electrons. The van der Waals surface area contributed by atoms with Crippen molar-refractivity contribution in [1.82, 2.24) is 10.7 Å². The van der Waals surface area contributed by atoms with Crippen molar-refractivity contribution in [2.24, 2.45) is 0 Å². The number of hydrogen-bond donors (Lipinski definition) is 4. The summed E-state index contributed by atoms with van der Waals surface area (Å²) in [7, 11) is 1.71. The molecule has 0 atom stereocenters. The van der Waals surface area contributed by atoms with Crippen LogP contribution in [0, 0.1) is 0 Å². The second kappa shape index (κ2) is 6.17. The van der Waals surface area contributed by atoms with Crippen molar-refractivity contribution in [2.45, 2.75) is 0 Å². The topological polar surface area (TPSA) is 58.3 Å². The van der Waals surface area contributed by atoms with Crippen molar-refractivity contribution >= 4 is 55.4 Å². The van der Waals surface area contributed by atoms with E-state index >= 15 is 0 Å². The summed E-state index contributed by atoms with van der Waals surface area (Å²) in [6.45, 7) is 0. The van der Waals surface area contributed by atoms with Gasteiger partial charge >= 0.3 is 0 Å². The molecule has 0 fully saturated rings. The molecule has 1 aromatic carbocycles. The smallest absolute Gasteiger partial charge is 0.223 e. The number of phenolic OH excluding ortho intramolecular Hbond substituents is 1. The number of benzene rings is 1. The Hall–Kier alpha value is -0.660. The van der Waals surface area contributed by atoms with Crippen LogP contribution in [-0.4, -0.2) is 23.5 Å². The Kier molecular flexibility index (Phi) is 5.17. The molecule has 4 nitrogen and oxygen atoms in total. The van der Waals surface area contributed by atoms with Crippen LogP contribution in [0.25, 0.3) is 0 Å². The number of hydrogen-bond acceptors (Lipinski definition) is 2. The fourth-order valence-corrected chi connectivity index (χ4v) is 2.26. The van der Waals surface area contributed by atoms with E-state index in [1.165, 1.54) is 0 Å². The Morgan fingerprint density at radius 1 is 1.50 bits per heavy atom. The molecule has 0 aliphatic carbocycles. The van der Waals surface area contributed by atoms with Crippen LogP contribution in [0.2, 0.25) is 0 Å². The van der Waals surface area contributed by atoms with E-state index in [1.807, 2.05) is 0 Å². The van der Waals surface area contributed by atoms with E-state index in [4.69, 9.17) is 12.2 Å². The molecule has 0 saturated heterocycles. The number of halogens is 2. The third-order valence-electron chi connectivity index (χ3n) is 1.70. The van der Waals surface area contributed by atoms with Gasteiger partial charge in [0.25, 0.3) is 0 Å². The average Bonchev–Trinajstić information content (AvgIpc) is 2.24. The normalized spacial score (nSPS) is 10.4. The SMILES string of the molecule is CNC(=S)N[NH+]=Cc1cc(Br)cc(Br)c1O. The monoisotopic (exact) mass is 366 g/mol. The highest BCUT2D eigenvalue weighted by Crippen LogP contribution is 2.30. The van der Waals surface area contributed by atoms with Gasteiger partial charge in [0.05, 0.1) is 10.0 Å². The molecule has 7 heteroatoms. The van der Waals surface area contributed by atoms with Gasteiger partial charge < -0.3 is 10.4 Å². The Bertz CT molecular complexity index is 437. The van der Waals surface area contributed by atoms with Crippen LogP contribution >= 0.6 is 44.1 Å². The van der Waals surface area contributed by atoms with Crippen LogP contribution in [0.1, 0.15) is 5.56 Å². The fourth-order valence-electron chi connectivity index (χ4n) is 0.938. The number of hydrazine groups is 1. The van der Waals surface area contributed by atoms with E-state index in [0.29, 0.717) is 15.1 Å². The number of aromatic hydroxyl groups is 1. The zero-order valence-electron chi connectivity index (χ0n) is 8.34. The first-order valence-corrected chi connectivity index (χ1v) is 6.28. The Morgan fingerprint density at radius 2 is 2.19 bits per heavy atom. The Morgan fingerprint density at radius 3 is 2.81 bits per heavy atom. The summed E-state index contributed by atoms with van der Waals surface area (Å²) >= 11 is 11.4. The molecule has 0 aromatic heterocycles. The highest BCUT2D eigenvalue weighted by molar-refractivity contribution is 9.11. The van der Waals surface area contributed by atoms with Gasteiger partial charge in [-0.25, -0.2) is 0 Å². The van der Waals surface area contributed by atoms with Crippen molar-refractivity contribution in [3.8, 4) is 5.75 Å². The summed E-state index contributed by atoms with van der Waals surface area (Å²) in [5, 5.41) is 15.7. The lowest BCUT2D eigenvalue weighted by Gasteiger charge is -2.00. The Balaban J connectivity index is 2.85. The largest absolute Gasteiger partial charge is 0.506 e. The molecule has 0 bridgehead atoms. The average molecular weight is 368 g/mol. The van der Waals surface area contributed by atoms with E-state index in [0.717, 1.165) is 4.47 Å². The summed E-state index contributed by atoms with van der Waals surface area (Å²) in [5.41, 5.74) is 3.35. The molecule has 0 aliphatic heterocycles. The van der Waals surface area contributed by atoms with Crippen molar-refractivity contribution in [2.75, 3.05) is 7.05 Å². The first-order chi connectivity index (χ1) is 7.54. The van der Waals surface area contributed by atoms with Crippen LogP contribution in [0.4, 0.5) is 0 Å². The van der Waals surface area contributed by atoms with Gasteiger partial charge in [-0.05, 0) is 40.3 Å². The molecule has 0 saturated carbocycles. The van der Waals surface area contributed by atoms with E-state index in [-0.39, 0.29) is 5.75 Å². The molecule has 0 heterocycles. The fraction of sp³-hybridized carbons (Fsp3) is 0.111. The van der Waals surface area contributed by atoms with Crippen LogP contribution in [0.5, 0.6) is 5.75 Å². The molecular weight excluding hydrogens is 358 g/mol. The predicted molar refractivity (Wildman–Crippen MR) is 74.4 cm³/mol. The molecule has 4 N–H and O–H groups in total. The minimum atomic E-state index is 0.160. The van der Waals surface area contributed by atoms with Gasteiger partial charge in [-0.15, -0.1) is 10.5 Å². The van der Waals surface area contributed by atoms with Gasteiger partial charge in [-0.2, -0.15) is 0 Å². The van der Waals surface area contributed by atoms with Crippen LogP contribution in [0.3, 0.4) is 0 Å². The summed E-state index contributed by atoms with van der Waals surface area (Å²) in [6, 6.07) is 3.54. The first-order valence-electron chi connectivity index (χ1n) is 4.29.